The largest absolute Gasteiger partial charge is 0.474 e. The summed E-state index contributed by atoms with van der Waals surface area (Å²) >= 11 is 0. The number of aliphatic hydroxyl groups is 16. The molecule has 4 aliphatic heterocycles. The third-order valence-corrected chi connectivity index (χ3v) is 12.5. The van der Waals surface area contributed by atoms with Gasteiger partial charge in [0.1, 0.15) is 128 Å². The van der Waals surface area contributed by atoms with Crippen molar-refractivity contribution in [1.29, 1.82) is 0 Å². The maximum atomic E-state index is 12.8. The molecule has 376 valence electrons. The van der Waals surface area contributed by atoms with Crippen molar-refractivity contribution < 1.29 is 152 Å². The van der Waals surface area contributed by atoms with Gasteiger partial charge in [-0.05, 0) is 0 Å². The Labute approximate surface area is 359 Å². The second kappa shape index (κ2) is 21.9. The van der Waals surface area contributed by atoms with Crippen molar-refractivity contribution in [1.82, 2.24) is 0 Å². The zero-order valence-electron chi connectivity index (χ0n) is 32.7. The van der Waals surface area contributed by atoms with Crippen molar-refractivity contribution in [3.8, 4) is 0 Å². The van der Waals surface area contributed by atoms with E-state index in [0.717, 1.165) is 0 Å². The molecule has 5 rings (SSSR count). The van der Waals surface area contributed by atoms with Gasteiger partial charge < -0.3 is 135 Å². The normalized spacial score (nSPS) is 50.5. The molecule has 0 aromatic rings. The summed E-state index contributed by atoms with van der Waals surface area (Å²) in [5.74, 6) is 0. The summed E-state index contributed by atoms with van der Waals surface area (Å²) in [4.78, 5) is 29.0. The fraction of sp³-hybridized carbons (Fsp3) is 1.00. The van der Waals surface area contributed by atoms with Crippen LogP contribution in [-0.2, 0) is 55.9 Å². The first-order valence-electron chi connectivity index (χ1n) is 19.2. The van der Waals surface area contributed by atoms with Gasteiger partial charge in [-0.3, -0.25) is 13.6 Å². The molecule has 0 amide bonds. The van der Waals surface area contributed by atoms with Gasteiger partial charge in [0.15, 0.2) is 25.2 Å². The van der Waals surface area contributed by atoms with E-state index in [1.165, 1.54) is 0 Å². The smallest absolute Gasteiger partial charge is 0.394 e. The molecule has 0 radical (unpaired) electrons. The van der Waals surface area contributed by atoms with Crippen molar-refractivity contribution in [3.63, 3.8) is 0 Å². The highest BCUT2D eigenvalue weighted by molar-refractivity contribution is 7.47. The summed E-state index contributed by atoms with van der Waals surface area (Å²) in [5.41, 5.74) is 6.10. The van der Waals surface area contributed by atoms with E-state index in [9.17, 15) is 106 Å². The molecule has 0 bridgehead atoms. The Bertz CT molecular complexity index is 1580. The van der Waals surface area contributed by atoms with E-state index in [2.05, 4.69) is 4.52 Å². The Balaban J connectivity index is 1.27. The third-order valence-electron chi connectivity index (χ3n) is 11.1. The van der Waals surface area contributed by atoms with Gasteiger partial charge in [0, 0.05) is 0 Å². The molecule has 34 heteroatoms. The molecular formula is C30H55NO31P2. The third kappa shape index (κ3) is 11.8. The van der Waals surface area contributed by atoms with Gasteiger partial charge in [0.25, 0.3) is 0 Å². The van der Waals surface area contributed by atoms with Crippen LogP contribution in [0.5, 0.6) is 0 Å². The van der Waals surface area contributed by atoms with Crippen molar-refractivity contribution >= 4 is 15.6 Å². The van der Waals surface area contributed by atoms with Gasteiger partial charge in [-0.1, -0.05) is 0 Å². The summed E-state index contributed by atoms with van der Waals surface area (Å²) in [7, 11) is -10.9. The van der Waals surface area contributed by atoms with Crippen LogP contribution in [0.1, 0.15) is 0 Å². The minimum Gasteiger partial charge on any atom is -0.394 e. The molecule has 32 nitrogen and oxygen atoms in total. The molecule has 0 aromatic heterocycles. The fourth-order valence-corrected chi connectivity index (χ4v) is 8.83. The van der Waals surface area contributed by atoms with Crippen LogP contribution in [0.4, 0.5) is 0 Å². The lowest BCUT2D eigenvalue weighted by Gasteiger charge is -2.49. The Hall–Kier alpha value is -0.740. The van der Waals surface area contributed by atoms with Crippen molar-refractivity contribution in [2.45, 2.75) is 159 Å². The van der Waals surface area contributed by atoms with Crippen LogP contribution in [0, 0.1) is 0 Å². The maximum absolute atomic E-state index is 12.8. The molecule has 21 N–H and O–H groups in total. The summed E-state index contributed by atoms with van der Waals surface area (Å²) in [6.45, 7) is -4.24. The van der Waals surface area contributed by atoms with Crippen LogP contribution >= 0.6 is 15.6 Å². The van der Waals surface area contributed by atoms with Crippen molar-refractivity contribution in [2.75, 3.05) is 26.4 Å². The van der Waals surface area contributed by atoms with Gasteiger partial charge in [0.2, 0.25) is 0 Å². The molecule has 5 fully saturated rings. The predicted octanol–water partition coefficient (Wildman–Crippen LogP) is -12.3. The minimum atomic E-state index is -5.49. The van der Waals surface area contributed by atoms with E-state index in [0.29, 0.717) is 0 Å². The highest BCUT2D eigenvalue weighted by Gasteiger charge is 2.57. The number of phosphoric acid groups is 2. The summed E-state index contributed by atoms with van der Waals surface area (Å²) in [5, 5.41) is 166. The fourth-order valence-electron chi connectivity index (χ4n) is 7.44. The van der Waals surface area contributed by atoms with E-state index in [1.807, 2.05) is 0 Å². The van der Waals surface area contributed by atoms with Crippen LogP contribution in [0.2, 0.25) is 0 Å². The number of phosphoric ester groups is 2. The summed E-state index contributed by atoms with van der Waals surface area (Å²) in [6.07, 6.45) is -51.6. The van der Waals surface area contributed by atoms with Crippen LogP contribution in [0.15, 0.2) is 0 Å². The van der Waals surface area contributed by atoms with E-state index in [-0.39, 0.29) is 0 Å². The number of hydrogen-bond donors (Lipinski definition) is 20. The van der Waals surface area contributed by atoms with Crippen LogP contribution in [0.25, 0.3) is 0 Å². The van der Waals surface area contributed by atoms with Gasteiger partial charge in [-0.2, -0.15) is 0 Å². The number of nitrogens with two attached hydrogens (primary N) is 1. The monoisotopic (exact) mass is 987 g/mol. The lowest BCUT2D eigenvalue weighted by atomic mass is 9.84. The maximum Gasteiger partial charge on any atom is 0.474 e. The molecule has 1 saturated carbocycles. The number of ether oxygens (including phenoxy) is 7. The number of rotatable bonds is 16. The molecule has 0 aromatic carbocycles. The zero-order chi connectivity index (χ0) is 47.9. The molecule has 0 spiro atoms. The molecule has 64 heavy (non-hydrogen) atoms. The van der Waals surface area contributed by atoms with E-state index >= 15 is 0 Å². The highest BCUT2D eigenvalue weighted by Crippen LogP contribution is 2.47. The average Bonchev–Trinajstić information content (AvgIpc) is 3.24. The first kappa shape index (κ1) is 54.2. The number of aliphatic hydroxyl groups excluding tert-OH is 16. The molecule has 4 saturated heterocycles. The SMILES string of the molecule is N[C@H]1[C@@H](O[C@@H]2[C@@H](O)[C@H](O)[C@@H](O)[C@@H](O)[C@H]2OP(=O)(O)O)O[C@H](CO)[C@@H](O[C@H]2O[C@H](CO)[C@@H](O)[C@H](O[C@H]3O[C@H](COP(=O)(O)O[C@H]4O[C@H](CO)[C@@H](O)[C@H](O)[C@H]4O)[C@@H](O)[C@H](O)[C@@H]3O)[C@@H]2O)[C@@H]1O. The Morgan fingerprint density at radius 3 is 1.39 bits per heavy atom. The van der Waals surface area contributed by atoms with Crippen LogP contribution in [0.3, 0.4) is 0 Å². The quantitative estimate of drug-likeness (QED) is 0.0639. The first-order valence-corrected chi connectivity index (χ1v) is 22.2. The molecule has 1 aliphatic carbocycles. The summed E-state index contributed by atoms with van der Waals surface area (Å²) in [6, 6.07) is -1.83. The van der Waals surface area contributed by atoms with Gasteiger partial charge in [0.05, 0.1) is 32.5 Å². The minimum absolute atomic E-state index is 0.928. The summed E-state index contributed by atoms with van der Waals surface area (Å²) < 4.78 is 76.5. The predicted molar refractivity (Wildman–Crippen MR) is 190 cm³/mol. The standard InChI is InChI=1S/C30H55NO31P2/c31-9-13(38)23(7(3-34)56-27(9)60-25-18(43)16(41)17(42)19(44)26(25)61-63(48,49)50)58-29-22(47)24(12(37)6(2-33)54-29)59-28-20(45)15(40)11(36)8(57-28)4-53-64(51,52)62-30-21(46)14(39)10(35)5(1-32)55-30/h5-30,32-47H,1-4,31H2,(H,51,52)(H2,48,49,50)/t5-,6-,7-,8-,9-,10-,11-,12-,13-,14+,15+,16-,17-,18+,19-,20+,21-,22+,23-,24+,25-,26-,27-,28-,29-,30-/m1/s1. The zero-order valence-corrected chi connectivity index (χ0v) is 34.5. The van der Waals surface area contributed by atoms with Gasteiger partial charge >= 0.3 is 15.6 Å². The van der Waals surface area contributed by atoms with Gasteiger partial charge in [-0.25, -0.2) is 9.13 Å². The van der Waals surface area contributed by atoms with Crippen molar-refractivity contribution in [3.05, 3.63) is 0 Å². The Kier molecular flexibility index (Phi) is 18.6. The lowest BCUT2D eigenvalue weighted by molar-refractivity contribution is -0.378. The molecule has 27 atom stereocenters. The Morgan fingerprint density at radius 1 is 0.406 bits per heavy atom. The molecular weight excluding hydrogens is 932 g/mol. The van der Waals surface area contributed by atoms with Crippen molar-refractivity contribution in [2.24, 2.45) is 5.73 Å². The molecule has 5 aliphatic rings. The first-order chi connectivity index (χ1) is 29.8. The lowest BCUT2D eigenvalue weighted by Crippen LogP contribution is -2.69. The topological polar surface area (TPSA) is 537 Å². The average molecular weight is 988 g/mol. The second-order valence-electron chi connectivity index (χ2n) is 15.4. The van der Waals surface area contributed by atoms with E-state index < -0.39 is 201 Å². The Morgan fingerprint density at radius 2 is 0.828 bits per heavy atom. The van der Waals surface area contributed by atoms with Crippen LogP contribution in [-0.4, -0.2) is 282 Å². The van der Waals surface area contributed by atoms with Gasteiger partial charge in [-0.15, -0.1) is 0 Å². The number of hydrogen-bond acceptors (Lipinski definition) is 29. The van der Waals surface area contributed by atoms with Crippen LogP contribution < -0.4 is 5.73 Å². The molecule has 1 unspecified atom stereocenters. The van der Waals surface area contributed by atoms with E-state index in [4.69, 9.17) is 47.9 Å². The van der Waals surface area contributed by atoms with E-state index in [1.54, 1.807) is 0 Å². The highest BCUT2D eigenvalue weighted by atomic mass is 31.2. The second-order valence-corrected chi connectivity index (χ2v) is 18.0. The molecule has 4 heterocycles.